The van der Waals surface area contributed by atoms with E-state index in [-0.39, 0.29) is 5.75 Å². The number of hydrogen-bond donors (Lipinski definition) is 1. The van der Waals surface area contributed by atoms with Crippen LogP contribution in [0.15, 0.2) is 27.6 Å². The number of rotatable bonds is 5. The van der Waals surface area contributed by atoms with Crippen LogP contribution < -0.4 is 5.32 Å². The van der Waals surface area contributed by atoms with Gasteiger partial charge in [0.05, 0.1) is 10.6 Å². The minimum Gasteiger partial charge on any atom is -0.320 e. The Labute approximate surface area is 105 Å². The molecule has 0 unspecified atom stereocenters. The molecule has 0 radical (unpaired) electrons. The van der Waals surface area contributed by atoms with Gasteiger partial charge >= 0.3 is 0 Å². The number of sulfone groups is 1. The lowest BCUT2D eigenvalue weighted by Crippen LogP contribution is -2.15. The average Bonchev–Trinajstić information content (AvgIpc) is 2.22. The number of halogens is 1. The minimum atomic E-state index is -3.16. The Kier molecular flexibility index (Phi) is 4.95. The van der Waals surface area contributed by atoms with Crippen molar-refractivity contribution in [2.75, 3.05) is 19.3 Å². The number of benzene rings is 1. The lowest BCUT2D eigenvalue weighted by atomic mass is 10.2. The molecule has 0 saturated carbocycles. The molecule has 5 heteroatoms. The molecule has 16 heavy (non-hydrogen) atoms. The maximum atomic E-state index is 12.0. The maximum Gasteiger partial charge on any atom is 0.178 e. The molecule has 0 fully saturated rings. The molecule has 0 saturated heterocycles. The summed E-state index contributed by atoms with van der Waals surface area (Å²) in [7, 11) is -1.34. The Balaban J connectivity index is 2.93. The Morgan fingerprint density at radius 2 is 2.06 bits per heavy atom. The van der Waals surface area contributed by atoms with Gasteiger partial charge in [0.1, 0.15) is 0 Å². The van der Waals surface area contributed by atoms with Crippen LogP contribution in [0.4, 0.5) is 0 Å². The van der Waals surface area contributed by atoms with Crippen molar-refractivity contribution in [3.8, 4) is 0 Å². The zero-order valence-corrected chi connectivity index (χ0v) is 11.9. The van der Waals surface area contributed by atoms with E-state index in [0.717, 1.165) is 10.0 Å². The third kappa shape index (κ3) is 3.57. The van der Waals surface area contributed by atoms with Crippen LogP contribution >= 0.6 is 15.9 Å². The van der Waals surface area contributed by atoms with Gasteiger partial charge in [0.15, 0.2) is 9.84 Å². The fourth-order valence-electron chi connectivity index (χ4n) is 1.46. The van der Waals surface area contributed by atoms with E-state index in [1.165, 1.54) is 0 Å². The van der Waals surface area contributed by atoms with Crippen LogP contribution in [0.3, 0.4) is 0 Å². The molecule has 3 nitrogen and oxygen atoms in total. The van der Waals surface area contributed by atoms with Crippen molar-refractivity contribution in [3.63, 3.8) is 0 Å². The summed E-state index contributed by atoms with van der Waals surface area (Å²) in [5, 5.41) is 2.94. The highest BCUT2D eigenvalue weighted by Crippen LogP contribution is 2.21. The molecule has 0 aliphatic rings. The smallest absolute Gasteiger partial charge is 0.178 e. The predicted molar refractivity (Wildman–Crippen MR) is 69.5 cm³/mol. The van der Waals surface area contributed by atoms with E-state index in [0.29, 0.717) is 17.9 Å². The molecule has 0 spiro atoms. The van der Waals surface area contributed by atoms with E-state index in [1.807, 2.05) is 26.1 Å². The van der Waals surface area contributed by atoms with Crippen molar-refractivity contribution in [1.82, 2.24) is 5.32 Å². The van der Waals surface area contributed by atoms with Gasteiger partial charge in [0.2, 0.25) is 0 Å². The lowest BCUT2D eigenvalue weighted by Gasteiger charge is -2.08. The van der Waals surface area contributed by atoms with Gasteiger partial charge in [-0.15, -0.1) is 0 Å². The largest absolute Gasteiger partial charge is 0.320 e. The highest BCUT2D eigenvalue weighted by atomic mass is 79.9. The van der Waals surface area contributed by atoms with E-state index >= 15 is 0 Å². The van der Waals surface area contributed by atoms with Crippen LogP contribution in [0.25, 0.3) is 0 Å². The molecule has 1 aromatic carbocycles. The fourth-order valence-corrected chi connectivity index (χ4v) is 3.58. The first-order valence-corrected chi connectivity index (χ1v) is 7.55. The van der Waals surface area contributed by atoms with Crippen LogP contribution in [0, 0.1) is 6.92 Å². The monoisotopic (exact) mass is 305 g/mol. The van der Waals surface area contributed by atoms with Crippen LogP contribution in [0.5, 0.6) is 0 Å². The average molecular weight is 306 g/mol. The second-order valence-electron chi connectivity index (χ2n) is 3.69. The number of aryl methyl sites for hydroxylation is 1. The second kappa shape index (κ2) is 5.80. The Hall–Kier alpha value is -0.390. The molecule has 0 aliphatic heterocycles. The van der Waals surface area contributed by atoms with E-state index in [2.05, 4.69) is 21.2 Å². The molecule has 0 aliphatic carbocycles. The Bertz CT molecular complexity index is 457. The summed E-state index contributed by atoms with van der Waals surface area (Å²) in [6.07, 6.45) is 0.630. The zero-order valence-electron chi connectivity index (χ0n) is 9.46. The molecule has 90 valence electrons. The van der Waals surface area contributed by atoms with E-state index in [4.69, 9.17) is 0 Å². The summed E-state index contributed by atoms with van der Waals surface area (Å²) >= 11 is 3.29. The van der Waals surface area contributed by atoms with Crippen molar-refractivity contribution in [2.24, 2.45) is 0 Å². The van der Waals surface area contributed by atoms with Gasteiger partial charge in [-0.25, -0.2) is 8.42 Å². The van der Waals surface area contributed by atoms with Crippen molar-refractivity contribution in [3.05, 3.63) is 28.2 Å². The van der Waals surface area contributed by atoms with Gasteiger partial charge in [-0.3, -0.25) is 0 Å². The van der Waals surface area contributed by atoms with Crippen molar-refractivity contribution in [2.45, 2.75) is 18.2 Å². The third-order valence-electron chi connectivity index (χ3n) is 2.33. The molecule has 0 atom stereocenters. The molecule has 0 bridgehead atoms. The minimum absolute atomic E-state index is 0.186. The maximum absolute atomic E-state index is 12.0. The van der Waals surface area contributed by atoms with Crippen LogP contribution in [-0.2, 0) is 9.84 Å². The summed E-state index contributed by atoms with van der Waals surface area (Å²) < 4.78 is 24.9. The van der Waals surface area contributed by atoms with Gasteiger partial charge in [0.25, 0.3) is 0 Å². The topological polar surface area (TPSA) is 46.2 Å². The summed E-state index contributed by atoms with van der Waals surface area (Å²) in [5.74, 6) is 0.186. The molecular formula is C11H16BrNO2S. The van der Waals surface area contributed by atoms with Crippen molar-refractivity contribution in [1.29, 1.82) is 0 Å². The molecule has 0 amide bonds. The van der Waals surface area contributed by atoms with Gasteiger partial charge in [0, 0.05) is 4.47 Å². The molecule has 1 aromatic rings. The highest BCUT2D eigenvalue weighted by molar-refractivity contribution is 9.10. The van der Waals surface area contributed by atoms with Gasteiger partial charge in [-0.05, 0) is 44.6 Å². The van der Waals surface area contributed by atoms with Crippen LogP contribution in [-0.4, -0.2) is 27.8 Å². The van der Waals surface area contributed by atoms with E-state index in [1.54, 1.807) is 6.07 Å². The first kappa shape index (κ1) is 13.7. The lowest BCUT2D eigenvalue weighted by molar-refractivity contribution is 0.591. The second-order valence-corrected chi connectivity index (χ2v) is 6.68. The Morgan fingerprint density at radius 1 is 1.38 bits per heavy atom. The zero-order chi connectivity index (χ0) is 12.2. The normalized spacial score (nSPS) is 11.7. The molecule has 0 aromatic heterocycles. The molecular weight excluding hydrogens is 290 g/mol. The molecule has 1 rings (SSSR count). The summed E-state index contributed by atoms with van der Waals surface area (Å²) in [6.45, 7) is 2.53. The fraction of sp³-hybridized carbons (Fsp3) is 0.455. The highest BCUT2D eigenvalue weighted by Gasteiger charge is 2.16. The first-order chi connectivity index (χ1) is 7.47. The van der Waals surface area contributed by atoms with Gasteiger partial charge in [-0.1, -0.05) is 22.0 Å². The number of hydrogen-bond acceptors (Lipinski definition) is 3. The van der Waals surface area contributed by atoms with Crippen molar-refractivity contribution >= 4 is 25.8 Å². The van der Waals surface area contributed by atoms with Crippen molar-refractivity contribution < 1.29 is 8.42 Å². The van der Waals surface area contributed by atoms with E-state index in [9.17, 15) is 8.42 Å². The van der Waals surface area contributed by atoms with Crippen LogP contribution in [0.2, 0.25) is 0 Å². The standard InChI is InChI=1S/C11H16BrNO2S/c1-9-4-5-10(12)8-11(9)16(14,15)7-3-6-13-2/h4-5,8,13H,3,6-7H2,1-2H3. The third-order valence-corrected chi connectivity index (χ3v) is 4.75. The van der Waals surface area contributed by atoms with E-state index < -0.39 is 9.84 Å². The predicted octanol–water partition coefficient (Wildman–Crippen LogP) is 2.14. The van der Waals surface area contributed by atoms with Gasteiger partial charge in [-0.2, -0.15) is 0 Å². The van der Waals surface area contributed by atoms with Gasteiger partial charge < -0.3 is 5.32 Å². The summed E-state index contributed by atoms with van der Waals surface area (Å²) in [5.41, 5.74) is 0.799. The molecule has 0 heterocycles. The Morgan fingerprint density at radius 3 is 2.69 bits per heavy atom. The molecule has 1 N–H and O–H groups in total. The van der Waals surface area contributed by atoms with Crippen LogP contribution in [0.1, 0.15) is 12.0 Å². The first-order valence-electron chi connectivity index (χ1n) is 5.11. The number of nitrogens with one attached hydrogen (secondary N) is 1. The summed E-state index contributed by atoms with van der Waals surface area (Å²) in [6, 6.07) is 5.33. The quantitative estimate of drug-likeness (QED) is 0.848. The summed E-state index contributed by atoms with van der Waals surface area (Å²) in [4.78, 5) is 0.429. The SMILES string of the molecule is CNCCCS(=O)(=O)c1cc(Br)ccc1C.